The molecule has 0 amide bonds. The van der Waals surface area contributed by atoms with Gasteiger partial charge in [-0.25, -0.2) is 35.8 Å². The highest BCUT2D eigenvalue weighted by molar-refractivity contribution is 5.38. The third kappa shape index (κ3) is 14.8. The van der Waals surface area contributed by atoms with E-state index in [-0.39, 0.29) is 13.1 Å². The second-order valence-electron chi connectivity index (χ2n) is 16.2. The van der Waals surface area contributed by atoms with Crippen molar-refractivity contribution < 1.29 is 36.2 Å². The average Bonchev–Trinajstić information content (AvgIpc) is 3.95. The number of imidazole rings is 2. The zero-order valence-electron chi connectivity index (χ0n) is 36.2. The Morgan fingerprint density at radius 2 is 0.717 bits per heavy atom. The van der Waals surface area contributed by atoms with Crippen molar-refractivity contribution in [1.29, 1.82) is 0 Å². The minimum Gasteiger partial charge on any atom is -0.494 e. The summed E-state index contributed by atoms with van der Waals surface area (Å²) in [6.07, 6.45) is 35.3. The van der Waals surface area contributed by atoms with Gasteiger partial charge in [-0.2, -0.15) is 0 Å². The van der Waals surface area contributed by atoms with Crippen molar-refractivity contribution in [3.8, 4) is 22.9 Å². The molecule has 0 atom stereocenters. The number of halogens is 4. The lowest BCUT2D eigenvalue weighted by atomic mass is 10.1. The quantitative estimate of drug-likeness (QED) is 0.0200. The standard InChI is InChI=1S/C50H68F4N4O2/c1-3-5-7-9-11-13-15-17-19-21-35-59-43-27-23-41(24-28-43)57-33-31-55(39-57)37-45-47(51)49(53)46(50(54)48(45)52)38-56-32-34-58(40-56)42-25-29-44(30-26-42)60-36-22-20-18-16-14-12-10-8-6-4-2/h23-34,39-40H,3-22,35-38H2,1-2H3/q+2. The Balaban J connectivity index is 1.06. The van der Waals surface area contributed by atoms with Gasteiger partial charge >= 0.3 is 0 Å². The molecule has 0 aliphatic rings. The van der Waals surface area contributed by atoms with Crippen LogP contribution in [0.4, 0.5) is 17.6 Å². The summed E-state index contributed by atoms with van der Waals surface area (Å²) in [5.41, 5.74) is 0.263. The molecule has 5 aromatic rings. The highest BCUT2D eigenvalue weighted by Gasteiger charge is 2.28. The zero-order chi connectivity index (χ0) is 42.4. The van der Waals surface area contributed by atoms with Crippen molar-refractivity contribution in [3.63, 3.8) is 0 Å². The number of unbranched alkanes of at least 4 members (excludes halogenated alkanes) is 18. The van der Waals surface area contributed by atoms with Gasteiger partial charge in [-0.1, -0.05) is 129 Å². The number of nitrogens with zero attached hydrogens (tertiary/aromatic N) is 4. The maximum absolute atomic E-state index is 15.4. The molecule has 0 saturated carbocycles. The molecule has 0 aliphatic carbocycles. The topological polar surface area (TPSA) is 36.1 Å². The second kappa shape index (κ2) is 25.9. The molecular formula is C50H68F4N4O2+2. The molecule has 0 fully saturated rings. The van der Waals surface area contributed by atoms with E-state index in [1.54, 1.807) is 46.6 Å². The van der Waals surface area contributed by atoms with E-state index in [2.05, 4.69) is 13.8 Å². The number of ether oxygens (including phenoxy) is 2. The molecule has 10 heteroatoms. The Labute approximate surface area is 356 Å². The third-order valence-electron chi connectivity index (χ3n) is 11.3. The van der Waals surface area contributed by atoms with Crippen LogP contribution in [0.15, 0.2) is 86.0 Å². The maximum Gasteiger partial charge on any atom is 0.249 e. The summed E-state index contributed by atoms with van der Waals surface area (Å²) in [5, 5.41) is 0. The molecule has 2 aromatic heterocycles. The molecular weight excluding hydrogens is 765 g/mol. The van der Waals surface area contributed by atoms with Gasteiger partial charge in [-0.15, -0.1) is 0 Å². The van der Waals surface area contributed by atoms with Gasteiger partial charge in [0, 0.05) is 0 Å². The first kappa shape index (κ1) is 46.5. The van der Waals surface area contributed by atoms with Gasteiger partial charge in [-0.05, 0) is 61.4 Å². The number of aromatic nitrogens is 4. The average molecular weight is 833 g/mol. The van der Waals surface area contributed by atoms with Crippen LogP contribution < -0.4 is 18.6 Å². The van der Waals surface area contributed by atoms with Crippen LogP contribution in [0, 0.1) is 23.3 Å². The van der Waals surface area contributed by atoms with Crippen molar-refractivity contribution >= 4 is 0 Å². The lowest BCUT2D eigenvalue weighted by Crippen LogP contribution is -2.35. The first-order valence-corrected chi connectivity index (χ1v) is 22.8. The van der Waals surface area contributed by atoms with E-state index in [0.717, 1.165) is 48.6 Å². The minimum atomic E-state index is -1.40. The van der Waals surface area contributed by atoms with Gasteiger partial charge in [0.25, 0.3) is 0 Å². The Hall–Kier alpha value is -4.60. The fourth-order valence-corrected chi connectivity index (χ4v) is 7.63. The van der Waals surface area contributed by atoms with E-state index in [1.165, 1.54) is 112 Å². The largest absolute Gasteiger partial charge is 0.494 e. The Kier molecular flexibility index (Phi) is 20.1. The predicted octanol–water partition coefficient (Wildman–Crippen LogP) is 13.1. The maximum atomic E-state index is 15.4. The van der Waals surface area contributed by atoms with Crippen LogP contribution in [-0.4, -0.2) is 22.3 Å². The van der Waals surface area contributed by atoms with Crippen LogP contribution in [-0.2, 0) is 13.1 Å². The molecule has 0 aliphatic heterocycles. The molecule has 326 valence electrons. The number of rotatable bonds is 30. The molecule has 0 radical (unpaired) electrons. The first-order valence-electron chi connectivity index (χ1n) is 22.8. The van der Waals surface area contributed by atoms with Crippen molar-refractivity contribution in [2.45, 2.75) is 155 Å². The SMILES string of the molecule is CCCCCCCCCCCCOc1ccc(-n2cc[n+](Cc3c(F)c(F)c(C[n+]4ccn(-c5ccc(OCCCCCCCCCCCC)cc5)c4)c(F)c3F)c2)cc1. The minimum absolute atomic E-state index is 0.388. The summed E-state index contributed by atoms with van der Waals surface area (Å²) in [5.74, 6) is -4.06. The van der Waals surface area contributed by atoms with Crippen LogP contribution in [0.3, 0.4) is 0 Å². The van der Waals surface area contributed by atoms with E-state index in [1.807, 2.05) is 48.5 Å². The summed E-state index contributed by atoms with van der Waals surface area (Å²) in [6, 6.07) is 15.1. The molecule has 60 heavy (non-hydrogen) atoms. The normalized spacial score (nSPS) is 11.4. The monoisotopic (exact) mass is 833 g/mol. The molecule has 0 N–H and O–H groups in total. The van der Waals surface area contributed by atoms with E-state index in [9.17, 15) is 0 Å². The third-order valence-corrected chi connectivity index (χ3v) is 11.3. The zero-order valence-corrected chi connectivity index (χ0v) is 36.2. The van der Waals surface area contributed by atoms with Crippen molar-refractivity contribution in [1.82, 2.24) is 9.13 Å². The van der Waals surface area contributed by atoms with Crippen LogP contribution in [0.2, 0.25) is 0 Å². The van der Waals surface area contributed by atoms with Gasteiger partial charge in [0.2, 0.25) is 12.7 Å². The molecule has 0 saturated heterocycles. The van der Waals surface area contributed by atoms with Crippen molar-refractivity contribution in [2.75, 3.05) is 13.2 Å². The molecule has 5 rings (SSSR count). The van der Waals surface area contributed by atoms with Gasteiger partial charge < -0.3 is 9.47 Å². The number of hydrogen-bond acceptors (Lipinski definition) is 2. The molecule has 0 unspecified atom stereocenters. The van der Waals surface area contributed by atoms with Gasteiger partial charge in [0.15, 0.2) is 23.3 Å². The summed E-state index contributed by atoms with van der Waals surface area (Å²) < 4.78 is 80.0. The Morgan fingerprint density at radius 3 is 1.03 bits per heavy atom. The second-order valence-corrected chi connectivity index (χ2v) is 16.2. The van der Waals surface area contributed by atoms with Crippen LogP contribution in [0.5, 0.6) is 11.5 Å². The highest BCUT2D eigenvalue weighted by atomic mass is 19.2. The van der Waals surface area contributed by atoms with Crippen molar-refractivity contribution in [2.24, 2.45) is 0 Å². The first-order chi connectivity index (χ1) is 29.4. The van der Waals surface area contributed by atoms with Gasteiger partial charge in [0.1, 0.15) is 60.8 Å². The predicted molar refractivity (Wildman–Crippen MR) is 231 cm³/mol. The molecule has 0 bridgehead atoms. The van der Waals surface area contributed by atoms with Gasteiger partial charge in [-0.3, -0.25) is 0 Å². The van der Waals surface area contributed by atoms with Crippen LogP contribution >= 0.6 is 0 Å². The van der Waals surface area contributed by atoms with E-state index in [0.29, 0.717) is 13.2 Å². The fourth-order valence-electron chi connectivity index (χ4n) is 7.63. The van der Waals surface area contributed by atoms with Crippen LogP contribution in [0.25, 0.3) is 11.4 Å². The summed E-state index contributed by atoms with van der Waals surface area (Å²) in [7, 11) is 0. The summed E-state index contributed by atoms with van der Waals surface area (Å²) in [6.45, 7) is 5.04. The molecule has 0 spiro atoms. The highest BCUT2D eigenvalue weighted by Crippen LogP contribution is 2.25. The number of benzene rings is 3. The molecule has 6 nitrogen and oxygen atoms in total. The lowest BCUT2D eigenvalue weighted by Gasteiger charge is -2.10. The van der Waals surface area contributed by atoms with Crippen molar-refractivity contribution in [3.05, 3.63) is 120 Å². The van der Waals surface area contributed by atoms with E-state index < -0.39 is 34.4 Å². The number of hydrogen-bond donors (Lipinski definition) is 0. The van der Waals surface area contributed by atoms with E-state index in [4.69, 9.17) is 9.47 Å². The Bertz CT molecular complexity index is 1790. The smallest absolute Gasteiger partial charge is 0.249 e. The Morgan fingerprint density at radius 1 is 0.417 bits per heavy atom. The molecule has 2 heterocycles. The summed E-state index contributed by atoms with van der Waals surface area (Å²) >= 11 is 0. The van der Waals surface area contributed by atoms with E-state index >= 15 is 17.6 Å². The molecule has 3 aromatic carbocycles. The summed E-state index contributed by atoms with van der Waals surface area (Å²) in [4.78, 5) is 0. The van der Waals surface area contributed by atoms with Gasteiger partial charge in [0.05, 0.1) is 24.3 Å². The lowest BCUT2D eigenvalue weighted by molar-refractivity contribution is -0.688. The fraction of sp³-hybridized carbons (Fsp3) is 0.520. The van der Waals surface area contributed by atoms with Crippen LogP contribution in [0.1, 0.15) is 153 Å².